The number of piperidine rings is 1. The molecule has 0 bridgehead atoms. The molecule has 1 N–H and O–H groups in total. The molecule has 1 saturated heterocycles. The largest absolute Gasteiger partial charge is 0.447 e. The number of aryl methyl sites for hydroxylation is 1. The number of H-pyrrole nitrogens is 1. The second-order valence-electron chi connectivity index (χ2n) is 8.93. The van der Waals surface area contributed by atoms with Crippen LogP contribution in [-0.4, -0.2) is 54.4 Å². The maximum atomic E-state index is 12.2. The van der Waals surface area contributed by atoms with Gasteiger partial charge in [-0.2, -0.15) is 0 Å². The molecule has 1 aliphatic rings. The van der Waals surface area contributed by atoms with Gasteiger partial charge in [0.15, 0.2) is 0 Å². The number of fused-ring (bicyclic) bond motifs is 1. The molecule has 1 fully saturated rings. The van der Waals surface area contributed by atoms with Crippen molar-refractivity contribution in [1.82, 2.24) is 14.9 Å². The van der Waals surface area contributed by atoms with Gasteiger partial charge in [-0.1, -0.05) is 19.9 Å². The molecule has 170 valence electrons. The lowest BCUT2D eigenvalue weighted by Crippen LogP contribution is -2.38. The zero-order valence-electron chi connectivity index (χ0n) is 19.5. The molecular formula is C26H33N3O3. The zero-order chi connectivity index (χ0) is 22.7. The number of hydrogen-bond donors (Lipinski definition) is 1. The second-order valence-corrected chi connectivity index (χ2v) is 8.93. The minimum absolute atomic E-state index is 0.235. The van der Waals surface area contributed by atoms with Crippen LogP contribution >= 0.6 is 0 Å². The first-order chi connectivity index (χ1) is 15.5. The molecule has 4 rings (SSSR count). The molecule has 0 radical (unpaired) electrons. The fraction of sp³-hybridized carbons (Fsp3) is 0.462. The molecule has 0 unspecified atom stereocenters. The van der Waals surface area contributed by atoms with E-state index in [0.717, 1.165) is 31.6 Å². The molecule has 0 aliphatic carbocycles. The highest BCUT2D eigenvalue weighted by Gasteiger charge is 2.25. The summed E-state index contributed by atoms with van der Waals surface area (Å²) in [6.07, 6.45) is 3.53. The molecular weight excluding hydrogens is 402 g/mol. The van der Waals surface area contributed by atoms with Gasteiger partial charge < -0.3 is 19.4 Å². The predicted octanol–water partition coefficient (Wildman–Crippen LogP) is 5.62. The lowest BCUT2D eigenvalue weighted by molar-refractivity contribution is 0.0659. The van der Waals surface area contributed by atoms with Crippen LogP contribution in [0.3, 0.4) is 0 Å². The number of aromatic nitrogens is 2. The molecule has 1 amide bonds. The van der Waals surface area contributed by atoms with Gasteiger partial charge in [-0.05, 0) is 67.0 Å². The molecule has 32 heavy (non-hydrogen) atoms. The highest BCUT2D eigenvalue weighted by molar-refractivity contribution is 5.92. The highest BCUT2D eigenvalue weighted by atomic mass is 16.6. The van der Waals surface area contributed by atoms with Gasteiger partial charge in [0.25, 0.3) is 0 Å². The summed E-state index contributed by atoms with van der Waals surface area (Å²) < 4.78 is 10.2. The van der Waals surface area contributed by atoms with E-state index in [4.69, 9.17) is 9.47 Å². The maximum absolute atomic E-state index is 12.2. The van der Waals surface area contributed by atoms with Crippen LogP contribution < -0.4 is 0 Å². The van der Waals surface area contributed by atoms with E-state index in [2.05, 4.69) is 54.1 Å². The summed E-state index contributed by atoms with van der Waals surface area (Å²) in [5.74, 6) is 0.843. The van der Waals surface area contributed by atoms with Crippen molar-refractivity contribution in [3.63, 3.8) is 0 Å². The van der Waals surface area contributed by atoms with Gasteiger partial charge in [-0.15, -0.1) is 0 Å². The summed E-state index contributed by atoms with van der Waals surface area (Å²) in [5, 5.41) is 1.29. The van der Waals surface area contributed by atoms with E-state index < -0.39 is 0 Å². The number of carbonyl (C=O) groups is 1. The van der Waals surface area contributed by atoms with Crippen LogP contribution in [0.25, 0.3) is 22.2 Å². The first-order valence-corrected chi connectivity index (χ1v) is 11.5. The van der Waals surface area contributed by atoms with Gasteiger partial charge in [0.05, 0.1) is 12.3 Å². The number of aromatic amines is 1. The average Bonchev–Trinajstić information content (AvgIpc) is 3.18. The summed E-state index contributed by atoms with van der Waals surface area (Å²) in [7, 11) is 1.60. The van der Waals surface area contributed by atoms with E-state index in [1.165, 1.54) is 33.3 Å². The van der Waals surface area contributed by atoms with Crippen LogP contribution in [-0.2, 0) is 9.47 Å². The van der Waals surface area contributed by atoms with Crippen LogP contribution in [0, 0.1) is 6.92 Å². The number of methoxy groups -OCH3 is 1. The Morgan fingerprint density at radius 3 is 2.66 bits per heavy atom. The Labute approximate surface area is 189 Å². The van der Waals surface area contributed by atoms with E-state index >= 15 is 0 Å². The van der Waals surface area contributed by atoms with E-state index in [1.807, 2.05) is 18.0 Å². The Hall–Kier alpha value is -2.86. The van der Waals surface area contributed by atoms with Crippen LogP contribution in [0.15, 0.2) is 36.5 Å². The Kier molecular flexibility index (Phi) is 6.80. The molecule has 3 heterocycles. The number of nitrogens with zero attached hydrogens (tertiary/aromatic N) is 2. The fourth-order valence-corrected chi connectivity index (χ4v) is 4.71. The van der Waals surface area contributed by atoms with Crippen molar-refractivity contribution in [1.29, 1.82) is 0 Å². The Morgan fingerprint density at radius 1 is 1.19 bits per heavy atom. The molecule has 1 aromatic carbocycles. The molecule has 6 nitrogen and oxygen atoms in total. The van der Waals surface area contributed by atoms with Crippen molar-refractivity contribution >= 4 is 17.0 Å². The topological polar surface area (TPSA) is 67.5 Å². The normalized spacial score (nSPS) is 15.0. The summed E-state index contributed by atoms with van der Waals surface area (Å²) in [5.41, 5.74) is 7.26. The zero-order valence-corrected chi connectivity index (χ0v) is 19.5. The summed E-state index contributed by atoms with van der Waals surface area (Å²) in [4.78, 5) is 22.0. The van der Waals surface area contributed by atoms with Crippen molar-refractivity contribution in [2.45, 2.75) is 45.4 Å². The number of pyridine rings is 1. The van der Waals surface area contributed by atoms with Gasteiger partial charge in [-0.3, -0.25) is 4.98 Å². The summed E-state index contributed by atoms with van der Waals surface area (Å²) >= 11 is 0. The van der Waals surface area contributed by atoms with E-state index in [0.29, 0.717) is 25.0 Å². The smallest absolute Gasteiger partial charge is 0.409 e. The van der Waals surface area contributed by atoms with Crippen LogP contribution in [0.5, 0.6) is 0 Å². The lowest BCUT2D eigenvalue weighted by atomic mass is 9.87. The van der Waals surface area contributed by atoms with Crippen LogP contribution in [0.1, 0.15) is 55.3 Å². The van der Waals surface area contributed by atoms with E-state index in [1.54, 1.807) is 7.11 Å². The molecule has 1 aliphatic heterocycles. The number of amides is 1. The number of benzene rings is 1. The van der Waals surface area contributed by atoms with Crippen molar-refractivity contribution in [3.05, 3.63) is 53.3 Å². The molecule has 0 spiro atoms. The summed E-state index contributed by atoms with van der Waals surface area (Å²) in [6, 6.07) is 11.0. The predicted molar refractivity (Wildman–Crippen MR) is 127 cm³/mol. The Morgan fingerprint density at radius 2 is 1.97 bits per heavy atom. The van der Waals surface area contributed by atoms with Crippen molar-refractivity contribution in [3.8, 4) is 11.3 Å². The summed E-state index contributed by atoms with van der Waals surface area (Å²) in [6.45, 7) is 8.70. The van der Waals surface area contributed by atoms with Gasteiger partial charge in [0, 0.05) is 48.6 Å². The number of carbonyl (C=O) groups excluding carboxylic acids is 1. The number of likely N-dealkylation sites (tertiary alicyclic amines) is 1. The Balaban J connectivity index is 1.55. The standard InChI is InChI=1S/C26H33N3O3/c1-17(2)24-22-16-20(19-8-11-29(12-9-19)26(30)32-14-13-31-4)5-6-23(22)28-25(24)21-7-10-27-18(3)15-21/h5-7,10,15-17,19,28H,8-9,11-14H2,1-4H3. The molecule has 6 heteroatoms. The number of rotatable bonds is 6. The third kappa shape index (κ3) is 4.65. The average molecular weight is 436 g/mol. The minimum atomic E-state index is -0.235. The van der Waals surface area contributed by atoms with E-state index in [9.17, 15) is 4.79 Å². The van der Waals surface area contributed by atoms with Crippen molar-refractivity contribution < 1.29 is 14.3 Å². The maximum Gasteiger partial charge on any atom is 0.409 e. The lowest BCUT2D eigenvalue weighted by Gasteiger charge is -2.31. The van der Waals surface area contributed by atoms with Crippen LogP contribution in [0.4, 0.5) is 4.79 Å². The number of nitrogens with one attached hydrogen (secondary N) is 1. The van der Waals surface area contributed by atoms with Gasteiger partial charge in [-0.25, -0.2) is 4.79 Å². The first-order valence-electron chi connectivity index (χ1n) is 11.5. The van der Waals surface area contributed by atoms with Crippen LogP contribution in [0.2, 0.25) is 0 Å². The fourth-order valence-electron chi connectivity index (χ4n) is 4.71. The molecule has 0 saturated carbocycles. The Bertz CT molecular complexity index is 1080. The van der Waals surface area contributed by atoms with E-state index in [-0.39, 0.29) is 6.09 Å². The van der Waals surface area contributed by atoms with Gasteiger partial charge in [0.2, 0.25) is 0 Å². The molecule has 2 aromatic heterocycles. The monoisotopic (exact) mass is 435 g/mol. The highest BCUT2D eigenvalue weighted by Crippen LogP contribution is 2.38. The van der Waals surface area contributed by atoms with Gasteiger partial charge >= 0.3 is 6.09 Å². The first kappa shape index (κ1) is 22.3. The third-order valence-electron chi connectivity index (χ3n) is 6.36. The minimum Gasteiger partial charge on any atom is -0.447 e. The molecule has 0 atom stereocenters. The SMILES string of the molecule is COCCOC(=O)N1CCC(c2ccc3[nH]c(-c4ccnc(C)c4)c(C(C)C)c3c2)CC1. The van der Waals surface area contributed by atoms with Gasteiger partial charge in [0.1, 0.15) is 6.61 Å². The number of ether oxygens (including phenoxy) is 2. The quantitative estimate of drug-likeness (QED) is 0.510. The van der Waals surface area contributed by atoms with Crippen molar-refractivity contribution in [2.24, 2.45) is 0 Å². The second kappa shape index (κ2) is 9.74. The molecule has 3 aromatic rings. The van der Waals surface area contributed by atoms with Crippen molar-refractivity contribution in [2.75, 3.05) is 33.4 Å². The third-order valence-corrected chi connectivity index (χ3v) is 6.36. The number of hydrogen-bond acceptors (Lipinski definition) is 4.